The number of rotatable bonds is 6. The van der Waals surface area contributed by atoms with E-state index in [4.69, 9.17) is 10.5 Å². The van der Waals surface area contributed by atoms with Gasteiger partial charge < -0.3 is 10.5 Å². The second-order valence-corrected chi connectivity index (χ2v) is 5.50. The molecule has 5 nitrogen and oxygen atoms in total. The van der Waals surface area contributed by atoms with Gasteiger partial charge in [-0.25, -0.2) is 13.1 Å². The number of nitrogens with two attached hydrogens (primary N) is 1. The third kappa shape index (κ3) is 4.33. The van der Waals surface area contributed by atoms with E-state index in [0.717, 1.165) is 0 Å². The molecule has 3 N–H and O–H groups in total. The summed E-state index contributed by atoms with van der Waals surface area (Å²) in [5, 5.41) is 0. The average molecular weight is 258 g/mol. The van der Waals surface area contributed by atoms with Crippen molar-refractivity contribution in [1.29, 1.82) is 0 Å². The first-order valence-electron chi connectivity index (χ1n) is 5.44. The predicted octanol–water partition coefficient (Wildman–Crippen LogP) is 0.711. The second kappa shape index (κ2) is 6.00. The number of nitrogens with one attached hydrogen (secondary N) is 1. The lowest BCUT2D eigenvalue weighted by atomic mass is 10.3. The molecule has 0 aliphatic carbocycles. The van der Waals surface area contributed by atoms with E-state index >= 15 is 0 Å². The normalized spacial score (nSPS) is 13.4. The monoisotopic (exact) mass is 258 g/mol. The highest BCUT2D eigenvalue weighted by atomic mass is 32.2. The lowest BCUT2D eigenvalue weighted by molar-refractivity contribution is 0.340. The molecule has 0 saturated heterocycles. The largest absolute Gasteiger partial charge is 0.494 e. The van der Waals surface area contributed by atoms with Gasteiger partial charge in [-0.3, -0.25) is 0 Å². The van der Waals surface area contributed by atoms with Gasteiger partial charge in [0.1, 0.15) is 5.75 Å². The average Bonchev–Trinajstić information content (AvgIpc) is 2.28. The standard InChI is InChI=1S/C11H18N2O3S/c1-3-16-10-4-6-11(7-5-10)17(14,15)13-8-9(2)12/h4-7,9,13H,3,8,12H2,1-2H3. The van der Waals surface area contributed by atoms with Gasteiger partial charge in [0.25, 0.3) is 0 Å². The number of hydrogen-bond acceptors (Lipinski definition) is 4. The van der Waals surface area contributed by atoms with Gasteiger partial charge in [0.05, 0.1) is 11.5 Å². The highest BCUT2D eigenvalue weighted by Crippen LogP contribution is 2.15. The van der Waals surface area contributed by atoms with E-state index in [1.165, 1.54) is 12.1 Å². The lowest BCUT2D eigenvalue weighted by Gasteiger charge is -2.09. The maximum atomic E-state index is 11.8. The van der Waals surface area contributed by atoms with Crippen LogP contribution in [0.1, 0.15) is 13.8 Å². The molecule has 1 unspecified atom stereocenters. The van der Waals surface area contributed by atoms with E-state index < -0.39 is 10.0 Å². The molecule has 0 aromatic heterocycles. The van der Waals surface area contributed by atoms with Crippen LogP contribution in [0.2, 0.25) is 0 Å². The van der Waals surface area contributed by atoms with Gasteiger partial charge in [0.15, 0.2) is 0 Å². The molecule has 0 amide bonds. The zero-order chi connectivity index (χ0) is 12.9. The van der Waals surface area contributed by atoms with Crippen molar-refractivity contribution in [3.05, 3.63) is 24.3 Å². The smallest absolute Gasteiger partial charge is 0.240 e. The molecule has 0 heterocycles. The molecule has 0 aliphatic heterocycles. The minimum atomic E-state index is -3.47. The SMILES string of the molecule is CCOc1ccc(S(=O)(=O)NCC(C)N)cc1. The summed E-state index contributed by atoms with van der Waals surface area (Å²) >= 11 is 0. The first-order valence-corrected chi connectivity index (χ1v) is 6.92. The fourth-order valence-electron chi connectivity index (χ4n) is 1.21. The molecule has 1 atom stereocenters. The number of benzene rings is 1. The maximum Gasteiger partial charge on any atom is 0.240 e. The summed E-state index contributed by atoms with van der Waals surface area (Å²) in [6, 6.07) is 6.06. The molecule has 0 aliphatic rings. The molecule has 0 fully saturated rings. The minimum absolute atomic E-state index is 0.210. The summed E-state index contributed by atoms with van der Waals surface area (Å²) in [5.74, 6) is 0.652. The first-order chi connectivity index (χ1) is 7.95. The molecule has 1 rings (SSSR count). The Hall–Kier alpha value is -1.11. The molecule has 17 heavy (non-hydrogen) atoms. The van der Waals surface area contributed by atoms with Gasteiger partial charge in [0, 0.05) is 12.6 Å². The molecule has 6 heteroatoms. The Labute approximate surface area is 102 Å². The first kappa shape index (κ1) is 14.0. The van der Waals surface area contributed by atoms with E-state index in [9.17, 15) is 8.42 Å². The van der Waals surface area contributed by atoms with Crippen LogP contribution in [0.3, 0.4) is 0 Å². The van der Waals surface area contributed by atoms with Crippen LogP contribution < -0.4 is 15.2 Å². The molecule has 1 aromatic rings. The summed E-state index contributed by atoms with van der Waals surface area (Å²) < 4.78 is 31.3. The van der Waals surface area contributed by atoms with Gasteiger partial charge >= 0.3 is 0 Å². The predicted molar refractivity (Wildman–Crippen MR) is 66.4 cm³/mol. The van der Waals surface area contributed by atoms with E-state index in [1.54, 1.807) is 19.1 Å². The Morgan fingerprint density at radius 2 is 1.94 bits per heavy atom. The van der Waals surface area contributed by atoms with Crippen molar-refractivity contribution in [1.82, 2.24) is 4.72 Å². The van der Waals surface area contributed by atoms with Crippen LogP contribution in [-0.4, -0.2) is 27.6 Å². The Bertz CT molecular complexity index is 440. The van der Waals surface area contributed by atoms with Crippen LogP contribution in [0.4, 0.5) is 0 Å². The molecule has 1 aromatic carbocycles. The minimum Gasteiger partial charge on any atom is -0.494 e. The van der Waals surface area contributed by atoms with Crippen LogP contribution in [0.25, 0.3) is 0 Å². The van der Waals surface area contributed by atoms with Crippen LogP contribution in [0.5, 0.6) is 5.75 Å². The van der Waals surface area contributed by atoms with Crippen molar-refractivity contribution in [2.45, 2.75) is 24.8 Å². The highest BCUT2D eigenvalue weighted by molar-refractivity contribution is 7.89. The summed E-state index contributed by atoms with van der Waals surface area (Å²) in [5.41, 5.74) is 5.49. The van der Waals surface area contributed by atoms with Gasteiger partial charge in [-0.05, 0) is 38.1 Å². The molecule has 0 radical (unpaired) electrons. The van der Waals surface area contributed by atoms with Crippen molar-refractivity contribution < 1.29 is 13.2 Å². The van der Waals surface area contributed by atoms with Gasteiger partial charge in [-0.1, -0.05) is 0 Å². The summed E-state index contributed by atoms with van der Waals surface area (Å²) in [4.78, 5) is 0.210. The van der Waals surface area contributed by atoms with Crippen molar-refractivity contribution >= 4 is 10.0 Å². The quantitative estimate of drug-likeness (QED) is 0.787. The zero-order valence-electron chi connectivity index (χ0n) is 10.0. The third-order valence-electron chi connectivity index (χ3n) is 2.04. The van der Waals surface area contributed by atoms with Crippen LogP contribution in [0, 0.1) is 0 Å². The summed E-state index contributed by atoms with van der Waals surface area (Å²) in [7, 11) is -3.47. The fraction of sp³-hybridized carbons (Fsp3) is 0.455. The van der Waals surface area contributed by atoms with Gasteiger partial charge in [0.2, 0.25) is 10.0 Å². The summed E-state index contributed by atoms with van der Waals surface area (Å²) in [6.45, 7) is 4.38. The van der Waals surface area contributed by atoms with Crippen LogP contribution >= 0.6 is 0 Å². The van der Waals surface area contributed by atoms with Gasteiger partial charge in [-0.2, -0.15) is 0 Å². The van der Waals surface area contributed by atoms with E-state index in [1.807, 2.05) is 6.92 Å². The van der Waals surface area contributed by atoms with E-state index in [0.29, 0.717) is 12.4 Å². The Kier molecular flexibility index (Phi) is 4.92. The van der Waals surface area contributed by atoms with Crippen LogP contribution in [-0.2, 0) is 10.0 Å². The number of sulfonamides is 1. The summed E-state index contributed by atoms with van der Waals surface area (Å²) in [6.07, 6.45) is 0. The molecular weight excluding hydrogens is 240 g/mol. The van der Waals surface area contributed by atoms with E-state index in [-0.39, 0.29) is 17.5 Å². The molecular formula is C11H18N2O3S. The van der Waals surface area contributed by atoms with E-state index in [2.05, 4.69) is 4.72 Å². The molecule has 96 valence electrons. The maximum absolute atomic E-state index is 11.8. The molecule has 0 spiro atoms. The van der Waals surface area contributed by atoms with Crippen molar-refractivity contribution in [2.75, 3.05) is 13.2 Å². The number of ether oxygens (including phenoxy) is 1. The zero-order valence-corrected chi connectivity index (χ0v) is 10.8. The second-order valence-electron chi connectivity index (χ2n) is 3.73. The molecule has 0 bridgehead atoms. The highest BCUT2D eigenvalue weighted by Gasteiger charge is 2.13. The van der Waals surface area contributed by atoms with Gasteiger partial charge in [-0.15, -0.1) is 0 Å². The third-order valence-corrected chi connectivity index (χ3v) is 3.48. The fourth-order valence-corrected chi connectivity index (χ4v) is 2.35. The molecule has 0 saturated carbocycles. The van der Waals surface area contributed by atoms with Crippen molar-refractivity contribution in [3.8, 4) is 5.75 Å². The number of hydrogen-bond donors (Lipinski definition) is 2. The van der Waals surface area contributed by atoms with Crippen molar-refractivity contribution in [2.24, 2.45) is 5.73 Å². The Morgan fingerprint density at radius 3 is 2.41 bits per heavy atom. The Balaban J connectivity index is 2.77. The topological polar surface area (TPSA) is 81.4 Å². The Morgan fingerprint density at radius 1 is 1.35 bits per heavy atom. The van der Waals surface area contributed by atoms with Crippen molar-refractivity contribution in [3.63, 3.8) is 0 Å². The van der Waals surface area contributed by atoms with Crippen LogP contribution in [0.15, 0.2) is 29.2 Å². The lowest BCUT2D eigenvalue weighted by Crippen LogP contribution is -2.35.